The van der Waals surface area contributed by atoms with E-state index in [0.717, 1.165) is 19.8 Å². The van der Waals surface area contributed by atoms with Crippen LogP contribution in [-0.2, 0) is 14.3 Å². The number of rotatable bonds is 5. The highest BCUT2D eigenvalue weighted by Gasteiger charge is 2.14. The van der Waals surface area contributed by atoms with Crippen LogP contribution < -0.4 is 0 Å². The third-order valence-electron chi connectivity index (χ3n) is 1.31. The van der Waals surface area contributed by atoms with Gasteiger partial charge in [-0.3, -0.25) is 4.79 Å². The SMILES string of the molecule is CCCCC(Cl)OC(=O)C(C)=O. The van der Waals surface area contributed by atoms with Gasteiger partial charge < -0.3 is 4.74 Å². The number of hydrogen-bond donors (Lipinski definition) is 0. The van der Waals surface area contributed by atoms with Gasteiger partial charge in [-0.1, -0.05) is 24.9 Å². The highest BCUT2D eigenvalue weighted by Crippen LogP contribution is 2.08. The number of unbranched alkanes of at least 4 members (excludes halogenated alkanes) is 1. The van der Waals surface area contributed by atoms with Crippen molar-refractivity contribution < 1.29 is 14.3 Å². The number of esters is 1. The summed E-state index contributed by atoms with van der Waals surface area (Å²) in [5.41, 5.74) is -0.665. The first kappa shape index (κ1) is 11.4. The fraction of sp³-hybridized carbons (Fsp3) is 0.750. The molecule has 1 atom stereocenters. The van der Waals surface area contributed by atoms with Crippen LogP contribution in [0.2, 0.25) is 0 Å². The average molecular weight is 193 g/mol. The summed E-state index contributed by atoms with van der Waals surface area (Å²) in [5, 5.41) is 0. The second-order valence-electron chi connectivity index (χ2n) is 2.51. The molecule has 0 aromatic carbocycles. The van der Waals surface area contributed by atoms with Gasteiger partial charge in [0.2, 0.25) is 5.78 Å². The summed E-state index contributed by atoms with van der Waals surface area (Å²) < 4.78 is 4.59. The quantitative estimate of drug-likeness (QED) is 0.380. The highest BCUT2D eigenvalue weighted by atomic mass is 35.5. The summed E-state index contributed by atoms with van der Waals surface area (Å²) in [6, 6.07) is 0. The molecule has 1 unspecified atom stereocenters. The zero-order valence-electron chi connectivity index (χ0n) is 7.30. The van der Waals surface area contributed by atoms with E-state index in [0.29, 0.717) is 6.42 Å². The Morgan fingerprint density at radius 3 is 2.50 bits per heavy atom. The molecule has 0 heterocycles. The van der Waals surface area contributed by atoms with Crippen LogP contribution in [0.4, 0.5) is 0 Å². The first-order chi connectivity index (χ1) is 5.57. The van der Waals surface area contributed by atoms with Crippen LogP contribution in [0, 0.1) is 0 Å². The van der Waals surface area contributed by atoms with Gasteiger partial charge in [0.05, 0.1) is 0 Å². The van der Waals surface area contributed by atoms with Crippen molar-refractivity contribution in [3.05, 3.63) is 0 Å². The van der Waals surface area contributed by atoms with E-state index in [4.69, 9.17) is 11.6 Å². The fourth-order valence-electron chi connectivity index (χ4n) is 0.623. The van der Waals surface area contributed by atoms with E-state index in [-0.39, 0.29) is 0 Å². The van der Waals surface area contributed by atoms with Crippen molar-refractivity contribution >= 4 is 23.4 Å². The molecule has 0 aliphatic rings. The van der Waals surface area contributed by atoms with Crippen molar-refractivity contribution in [3.63, 3.8) is 0 Å². The largest absolute Gasteiger partial charge is 0.440 e. The maximum absolute atomic E-state index is 10.7. The van der Waals surface area contributed by atoms with Crippen molar-refractivity contribution in [3.8, 4) is 0 Å². The molecule has 70 valence electrons. The van der Waals surface area contributed by atoms with E-state index < -0.39 is 17.3 Å². The predicted octanol–water partition coefficient (Wildman–Crippen LogP) is 1.87. The van der Waals surface area contributed by atoms with E-state index >= 15 is 0 Å². The third-order valence-corrected chi connectivity index (χ3v) is 1.61. The van der Waals surface area contributed by atoms with Crippen LogP contribution in [0.1, 0.15) is 33.1 Å². The van der Waals surface area contributed by atoms with Gasteiger partial charge in [0.1, 0.15) is 0 Å². The van der Waals surface area contributed by atoms with E-state index in [1.54, 1.807) is 0 Å². The molecule has 0 radical (unpaired) electrons. The number of halogens is 1. The van der Waals surface area contributed by atoms with Gasteiger partial charge in [0.15, 0.2) is 5.56 Å². The molecule has 0 N–H and O–H groups in total. The molecule has 0 rings (SSSR count). The van der Waals surface area contributed by atoms with Crippen LogP contribution in [-0.4, -0.2) is 17.3 Å². The van der Waals surface area contributed by atoms with Gasteiger partial charge in [0.25, 0.3) is 0 Å². The summed E-state index contributed by atoms with van der Waals surface area (Å²) in [7, 11) is 0. The van der Waals surface area contributed by atoms with Crippen LogP contribution >= 0.6 is 11.6 Å². The molecule has 0 aliphatic heterocycles. The Kier molecular flexibility index (Phi) is 5.72. The average Bonchev–Trinajstić information content (AvgIpc) is 2.00. The van der Waals surface area contributed by atoms with E-state index in [1.165, 1.54) is 0 Å². The molecule has 0 saturated carbocycles. The molecule has 0 amide bonds. The zero-order chi connectivity index (χ0) is 9.56. The number of carbonyl (C=O) groups excluding carboxylic acids is 2. The Balaban J connectivity index is 3.61. The van der Waals surface area contributed by atoms with Crippen molar-refractivity contribution in [1.82, 2.24) is 0 Å². The van der Waals surface area contributed by atoms with Gasteiger partial charge >= 0.3 is 5.97 Å². The molecule has 0 spiro atoms. The Morgan fingerprint density at radius 1 is 1.50 bits per heavy atom. The smallest absolute Gasteiger partial charge is 0.375 e. The van der Waals surface area contributed by atoms with Gasteiger partial charge in [-0.25, -0.2) is 4.79 Å². The van der Waals surface area contributed by atoms with E-state index in [9.17, 15) is 9.59 Å². The summed E-state index contributed by atoms with van der Waals surface area (Å²) in [5.74, 6) is -1.47. The van der Waals surface area contributed by atoms with Crippen molar-refractivity contribution in [2.24, 2.45) is 0 Å². The number of alkyl halides is 1. The van der Waals surface area contributed by atoms with Gasteiger partial charge in [-0.05, 0) is 12.8 Å². The minimum atomic E-state index is -0.855. The molecule has 0 aromatic heterocycles. The maximum Gasteiger partial charge on any atom is 0.375 e. The molecule has 0 fully saturated rings. The normalized spacial score (nSPS) is 12.2. The first-order valence-corrected chi connectivity index (χ1v) is 4.37. The van der Waals surface area contributed by atoms with Crippen molar-refractivity contribution in [1.29, 1.82) is 0 Å². The van der Waals surface area contributed by atoms with Crippen LogP contribution in [0.25, 0.3) is 0 Å². The summed E-state index contributed by atoms with van der Waals surface area (Å²) in [6.07, 6.45) is 2.47. The lowest BCUT2D eigenvalue weighted by Crippen LogP contribution is -2.18. The Morgan fingerprint density at radius 2 is 2.08 bits per heavy atom. The van der Waals surface area contributed by atoms with Crippen LogP contribution in [0.3, 0.4) is 0 Å². The second-order valence-corrected chi connectivity index (χ2v) is 3.00. The van der Waals surface area contributed by atoms with E-state index in [2.05, 4.69) is 4.74 Å². The predicted molar refractivity (Wildman–Crippen MR) is 45.9 cm³/mol. The minimum Gasteiger partial charge on any atom is -0.440 e. The van der Waals surface area contributed by atoms with Gasteiger partial charge in [-0.15, -0.1) is 0 Å². The van der Waals surface area contributed by atoms with Gasteiger partial charge in [0, 0.05) is 6.92 Å². The zero-order valence-corrected chi connectivity index (χ0v) is 8.06. The molecule has 0 bridgehead atoms. The maximum atomic E-state index is 10.7. The van der Waals surface area contributed by atoms with Crippen molar-refractivity contribution in [2.75, 3.05) is 0 Å². The number of hydrogen-bond acceptors (Lipinski definition) is 3. The second kappa shape index (κ2) is 6.00. The molecule has 0 aromatic rings. The molecular weight excluding hydrogens is 180 g/mol. The van der Waals surface area contributed by atoms with Crippen LogP contribution in [0.5, 0.6) is 0 Å². The topological polar surface area (TPSA) is 43.4 Å². The third kappa shape index (κ3) is 5.13. The van der Waals surface area contributed by atoms with Gasteiger partial charge in [-0.2, -0.15) is 0 Å². The lowest BCUT2D eigenvalue weighted by atomic mass is 10.3. The van der Waals surface area contributed by atoms with E-state index in [1.807, 2.05) is 6.92 Å². The number of Topliss-reactive ketones (excluding diaryl/α,β-unsaturated/α-hetero) is 1. The Bertz CT molecular complexity index is 168. The summed E-state index contributed by atoms with van der Waals surface area (Å²) in [6.45, 7) is 3.17. The first-order valence-electron chi connectivity index (χ1n) is 3.93. The lowest BCUT2D eigenvalue weighted by Gasteiger charge is -2.08. The number of ether oxygens (including phenoxy) is 1. The standard InChI is InChI=1S/C8H13ClO3/c1-3-4-5-7(9)12-8(11)6(2)10/h7H,3-5H2,1-2H3. The Hall–Kier alpha value is -0.570. The monoisotopic (exact) mass is 192 g/mol. The molecule has 4 heteroatoms. The van der Waals surface area contributed by atoms with Crippen molar-refractivity contribution in [2.45, 2.75) is 38.7 Å². The Labute approximate surface area is 77.0 Å². The fourth-order valence-corrected chi connectivity index (χ4v) is 0.858. The summed E-state index contributed by atoms with van der Waals surface area (Å²) >= 11 is 5.60. The lowest BCUT2D eigenvalue weighted by molar-refractivity contribution is -0.154. The molecule has 0 saturated heterocycles. The molecule has 12 heavy (non-hydrogen) atoms. The minimum absolute atomic E-state index is 0.594. The van der Waals surface area contributed by atoms with Crippen LogP contribution in [0.15, 0.2) is 0 Å². The number of ketones is 1. The molecule has 0 aliphatic carbocycles. The summed E-state index contributed by atoms with van der Waals surface area (Å²) in [4.78, 5) is 21.1. The highest BCUT2D eigenvalue weighted by molar-refractivity contribution is 6.33. The molecular formula is C8H13ClO3. The molecule has 3 nitrogen and oxygen atoms in total. The number of carbonyl (C=O) groups is 2.